The number of rotatable bonds is 6. The van der Waals surface area contributed by atoms with Crippen LogP contribution in [-0.2, 0) is 22.6 Å². The van der Waals surface area contributed by atoms with Gasteiger partial charge in [0, 0.05) is 49.4 Å². The molecule has 0 aromatic heterocycles. The van der Waals surface area contributed by atoms with E-state index in [0.29, 0.717) is 30.2 Å². The first kappa shape index (κ1) is 23.4. The van der Waals surface area contributed by atoms with E-state index in [9.17, 15) is 14.0 Å². The first-order valence-corrected chi connectivity index (χ1v) is 12.1. The van der Waals surface area contributed by atoms with Gasteiger partial charge in [0.2, 0.25) is 11.8 Å². The van der Waals surface area contributed by atoms with Crippen LogP contribution in [0.2, 0.25) is 0 Å². The summed E-state index contributed by atoms with van der Waals surface area (Å²) in [5.41, 5.74) is 2.95. The summed E-state index contributed by atoms with van der Waals surface area (Å²) >= 11 is 0. The second-order valence-electron chi connectivity index (χ2n) is 9.51. The second kappa shape index (κ2) is 10.5. The lowest BCUT2D eigenvalue weighted by molar-refractivity contribution is -0.140. The van der Waals surface area contributed by atoms with Gasteiger partial charge in [-0.3, -0.25) is 14.5 Å². The number of anilines is 1. The van der Waals surface area contributed by atoms with E-state index in [1.807, 2.05) is 42.2 Å². The summed E-state index contributed by atoms with van der Waals surface area (Å²) in [6, 6.07) is 12.8. The molecule has 0 unspecified atom stereocenters. The third kappa shape index (κ3) is 5.61. The van der Waals surface area contributed by atoms with Crippen LogP contribution in [0.4, 0.5) is 10.1 Å². The summed E-state index contributed by atoms with van der Waals surface area (Å²) in [5.74, 6) is 0.111. The highest BCUT2D eigenvalue weighted by atomic mass is 19.1. The number of carbonyl (C=O) groups is 2. The average molecular weight is 452 g/mol. The van der Waals surface area contributed by atoms with Gasteiger partial charge in [-0.05, 0) is 49.9 Å². The van der Waals surface area contributed by atoms with Gasteiger partial charge in [0.05, 0.1) is 6.42 Å². The first-order valence-electron chi connectivity index (χ1n) is 12.1. The van der Waals surface area contributed by atoms with E-state index in [1.165, 1.54) is 6.07 Å². The van der Waals surface area contributed by atoms with Gasteiger partial charge in [-0.15, -0.1) is 0 Å². The van der Waals surface area contributed by atoms with Crippen LogP contribution in [0.15, 0.2) is 42.5 Å². The zero-order chi connectivity index (χ0) is 23.4. The van der Waals surface area contributed by atoms with Crippen molar-refractivity contribution in [3.63, 3.8) is 0 Å². The Hall–Kier alpha value is -2.73. The Labute approximate surface area is 196 Å². The highest BCUT2D eigenvalue weighted by molar-refractivity contribution is 5.93. The number of amides is 2. The summed E-state index contributed by atoms with van der Waals surface area (Å²) in [7, 11) is 0. The summed E-state index contributed by atoms with van der Waals surface area (Å²) in [6.45, 7) is 6.55. The predicted octanol–water partition coefficient (Wildman–Crippen LogP) is 4.54. The lowest BCUT2D eigenvalue weighted by Crippen LogP contribution is -2.54. The lowest BCUT2D eigenvalue weighted by atomic mass is 10.0. The van der Waals surface area contributed by atoms with Crippen LogP contribution in [0.5, 0.6) is 0 Å². The minimum Gasteiger partial charge on any atom is -0.337 e. The largest absolute Gasteiger partial charge is 0.337 e. The monoisotopic (exact) mass is 451 g/mol. The van der Waals surface area contributed by atoms with Crippen LogP contribution >= 0.6 is 0 Å². The van der Waals surface area contributed by atoms with Crippen molar-refractivity contribution in [1.82, 2.24) is 9.80 Å². The molecule has 2 aliphatic rings. The fourth-order valence-electron chi connectivity index (χ4n) is 5.16. The summed E-state index contributed by atoms with van der Waals surface area (Å²) in [6.07, 6.45) is 4.61. The van der Waals surface area contributed by atoms with E-state index in [1.54, 1.807) is 6.07 Å². The fourth-order valence-corrected chi connectivity index (χ4v) is 5.16. The molecule has 1 heterocycles. The minimum absolute atomic E-state index is 0.115. The Bertz CT molecular complexity index is 988. The number of hydrogen-bond donors (Lipinski definition) is 1. The lowest BCUT2D eigenvalue weighted by Gasteiger charge is -2.41. The predicted molar refractivity (Wildman–Crippen MR) is 128 cm³/mol. The molecule has 1 aliphatic carbocycles. The van der Waals surface area contributed by atoms with E-state index in [0.717, 1.165) is 49.9 Å². The Kier molecular flexibility index (Phi) is 7.43. The normalized spacial score (nSPS) is 19.6. The second-order valence-corrected chi connectivity index (χ2v) is 9.51. The molecule has 1 atom stereocenters. The van der Waals surface area contributed by atoms with Crippen molar-refractivity contribution in [2.24, 2.45) is 5.92 Å². The van der Waals surface area contributed by atoms with Crippen LogP contribution in [-0.4, -0.2) is 47.3 Å². The topological polar surface area (TPSA) is 52.7 Å². The van der Waals surface area contributed by atoms with Crippen molar-refractivity contribution in [1.29, 1.82) is 0 Å². The van der Waals surface area contributed by atoms with Crippen molar-refractivity contribution in [2.45, 2.75) is 58.5 Å². The van der Waals surface area contributed by atoms with Gasteiger partial charge in [-0.25, -0.2) is 4.39 Å². The molecule has 176 valence electrons. The molecular formula is C27H34FN3O2. The molecule has 4 rings (SSSR count). The molecule has 0 bridgehead atoms. The number of nitrogens with zero attached hydrogens (tertiary/aromatic N) is 2. The van der Waals surface area contributed by atoms with E-state index in [4.69, 9.17) is 0 Å². The number of halogens is 1. The van der Waals surface area contributed by atoms with Crippen LogP contribution in [0.1, 0.15) is 49.3 Å². The van der Waals surface area contributed by atoms with Crippen LogP contribution < -0.4 is 5.32 Å². The molecule has 0 spiro atoms. The molecule has 1 aliphatic heterocycles. The highest BCUT2D eigenvalue weighted by Crippen LogP contribution is 2.29. The molecule has 6 heteroatoms. The Morgan fingerprint density at radius 2 is 1.79 bits per heavy atom. The minimum atomic E-state index is -0.259. The van der Waals surface area contributed by atoms with Gasteiger partial charge >= 0.3 is 0 Å². The quantitative estimate of drug-likeness (QED) is 0.702. The smallest absolute Gasteiger partial charge is 0.228 e. The van der Waals surface area contributed by atoms with Crippen molar-refractivity contribution >= 4 is 17.5 Å². The van der Waals surface area contributed by atoms with Gasteiger partial charge in [0.25, 0.3) is 0 Å². The molecule has 2 aromatic carbocycles. The van der Waals surface area contributed by atoms with Crippen LogP contribution in [0, 0.1) is 18.7 Å². The maximum atomic E-state index is 14.8. The van der Waals surface area contributed by atoms with E-state index in [2.05, 4.69) is 17.1 Å². The van der Waals surface area contributed by atoms with Crippen molar-refractivity contribution in [3.8, 4) is 0 Å². The van der Waals surface area contributed by atoms with Crippen molar-refractivity contribution in [3.05, 3.63) is 65.0 Å². The van der Waals surface area contributed by atoms with Gasteiger partial charge in [0.1, 0.15) is 5.82 Å². The third-order valence-corrected chi connectivity index (χ3v) is 7.10. The molecule has 1 saturated heterocycles. The molecule has 5 nitrogen and oxygen atoms in total. The molecule has 0 radical (unpaired) electrons. The maximum Gasteiger partial charge on any atom is 0.228 e. The molecule has 2 fully saturated rings. The first-order chi connectivity index (χ1) is 15.9. The molecule has 2 amide bonds. The Morgan fingerprint density at radius 3 is 2.48 bits per heavy atom. The van der Waals surface area contributed by atoms with Crippen LogP contribution in [0.3, 0.4) is 0 Å². The number of piperazine rings is 1. The highest BCUT2D eigenvalue weighted by Gasteiger charge is 2.33. The number of hydrogen-bond acceptors (Lipinski definition) is 3. The SMILES string of the molecule is Cc1c(NC(=O)Cc2ccccc2)ccc(F)c1CN1CCN(C(=O)C2CCCC2)[C@@H](C)C1. The molecular weight excluding hydrogens is 417 g/mol. The molecule has 2 aromatic rings. The van der Waals surface area contributed by atoms with E-state index >= 15 is 0 Å². The standard InChI is InChI=1S/C27H34FN3O2/c1-19-17-30(14-15-31(19)27(33)22-10-6-7-11-22)18-23-20(2)25(13-12-24(23)28)29-26(32)16-21-8-4-3-5-9-21/h3-5,8-9,12-13,19,22H,6-7,10-11,14-18H2,1-2H3,(H,29,32)/t19-/m0/s1. The van der Waals surface area contributed by atoms with Crippen LogP contribution in [0.25, 0.3) is 0 Å². The van der Waals surface area contributed by atoms with Gasteiger partial charge in [-0.2, -0.15) is 0 Å². The summed E-state index contributed by atoms with van der Waals surface area (Å²) in [4.78, 5) is 29.6. The Morgan fingerprint density at radius 1 is 1.06 bits per heavy atom. The fraction of sp³-hybridized carbons (Fsp3) is 0.481. The molecule has 33 heavy (non-hydrogen) atoms. The van der Waals surface area contributed by atoms with Gasteiger partial charge < -0.3 is 10.2 Å². The molecule has 1 N–H and O–H groups in total. The summed E-state index contributed by atoms with van der Waals surface area (Å²) in [5, 5.41) is 2.95. The van der Waals surface area contributed by atoms with Gasteiger partial charge in [0.15, 0.2) is 0 Å². The number of carbonyl (C=O) groups excluding carboxylic acids is 2. The zero-order valence-corrected chi connectivity index (χ0v) is 19.6. The van der Waals surface area contributed by atoms with Gasteiger partial charge in [-0.1, -0.05) is 43.2 Å². The zero-order valence-electron chi connectivity index (χ0n) is 19.6. The average Bonchev–Trinajstić information content (AvgIpc) is 3.34. The number of benzene rings is 2. The van der Waals surface area contributed by atoms with E-state index < -0.39 is 0 Å². The summed E-state index contributed by atoms with van der Waals surface area (Å²) < 4.78 is 14.8. The molecule has 1 saturated carbocycles. The number of nitrogens with one attached hydrogen (secondary N) is 1. The Balaban J connectivity index is 1.39. The van der Waals surface area contributed by atoms with Crippen molar-refractivity contribution < 1.29 is 14.0 Å². The third-order valence-electron chi connectivity index (χ3n) is 7.10. The maximum absolute atomic E-state index is 14.8. The van der Waals surface area contributed by atoms with E-state index in [-0.39, 0.29) is 30.1 Å². The van der Waals surface area contributed by atoms with Crippen molar-refractivity contribution in [2.75, 3.05) is 25.0 Å².